The van der Waals surface area contributed by atoms with Crippen LogP contribution in [0.2, 0.25) is 0 Å². The van der Waals surface area contributed by atoms with Crippen molar-refractivity contribution in [1.82, 2.24) is 0 Å². The molecule has 0 aliphatic heterocycles. The summed E-state index contributed by atoms with van der Waals surface area (Å²) in [5, 5.41) is 0. The first-order chi connectivity index (χ1) is 4.66. The first-order valence-electron chi connectivity index (χ1n) is 3.44. The molecule has 0 aromatic heterocycles. The standard InChI is InChI=1S/C8H14.C2H4/c1-5-8(4)6-7(2)3;1-2/h5-6H,1-4H3;1-2H2/b8-5-;. The molecule has 0 radical (unpaired) electrons. The average molecular weight is 138 g/mol. The van der Waals surface area contributed by atoms with E-state index in [2.05, 4.69) is 53.0 Å². The second-order valence-corrected chi connectivity index (χ2v) is 2.25. The minimum atomic E-state index is 1.34. The summed E-state index contributed by atoms with van der Waals surface area (Å²) in [6.45, 7) is 14.4. The lowest BCUT2D eigenvalue weighted by molar-refractivity contribution is 1.34. The van der Waals surface area contributed by atoms with E-state index in [4.69, 9.17) is 0 Å². The summed E-state index contributed by atoms with van der Waals surface area (Å²) in [7, 11) is 0. The van der Waals surface area contributed by atoms with Gasteiger partial charge in [-0.15, -0.1) is 13.2 Å². The van der Waals surface area contributed by atoms with Crippen molar-refractivity contribution in [3.63, 3.8) is 0 Å². The van der Waals surface area contributed by atoms with Gasteiger partial charge in [-0.05, 0) is 27.7 Å². The van der Waals surface area contributed by atoms with Gasteiger partial charge in [-0.1, -0.05) is 23.3 Å². The minimum Gasteiger partial charge on any atom is -0.106 e. The van der Waals surface area contributed by atoms with E-state index in [-0.39, 0.29) is 0 Å². The zero-order valence-corrected chi connectivity index (χ0v) is 7.57. The predicted octanol–water partition coefficient (Wildman–Crippen LogP) is 3.72. The van der Waals surface area contributed by atoms with Crippen LogP contribution in [-0.4, -0.2) is 0 Å². The molecule has 0 unspecified atom stereocenters. The van der Waals surface area contributed by atoms with E-state index in [0.29, 0.717) is 0 Å². The first kappa shape index (κ1) is 12.0. The third-order valence-electron chi connectivity index (χ3n) is 0.972. The van der Waals surface area contributed by atoms with Crippen LogP contribution in [0.3, 0.4) is 0 Å². The maximum absolute atomic E-state index is 3.00. The summed E-state index contributed by atoms with van der Waals surface area (Å²) in [6, 6.07) is 0. The van der Waals surface area contributed by atoms with E-state index in [1.165, 1.54) is 11.1 Å². The van der Waals surface area contributed by atoms with E-state index in [1.807, 2.05) is 0 Å². The topological polar surface area (TPSA) is 0 Å². The molecule has 58 valence electrons. The molecule has 0 spiro atoms. The molecule has 0 bridgehead atoms. The van der Waals surface area contributed by atoms with Crippen molar-refractivity contribution in [3.05, 3.63) is 36.5 Å². The average Bonchev–Trinajstić information content (AvgIpc) is 1.91. The minimum absolute atomic E-state index is 1.34. The Hall–Kier alpha value is -0.780. The van der Waals surface area contributed by atoms with Gasteiger partial charge in [0.15, 0.2) is 0 Å². The Balaban J connectivity index is 0. The molecule has 10 heavy (non-hydrogen) atoms. The van der Waals surface area contributed by atoms with Gasteiger partial charge in [-0.25, -0.2) is 0 Å². The van der Waals surface area contributed by atoms with Crippen molar-refractivity contribution in [2.45, 2.75) is 27.7 Å². The van der Waals surface area contributed by atoms with Gasteiger partial charge < -0.3 is 0 Å². The highest BCUT2D eigenvalue weighted by Crippen LogP contribution is 1.98. The van der Waals surface area contributed by atoms with E-state index in [9.17, 15) is 0 Å². The number of hydrogen-bond donors (Lipinski definition) is 0. The summed E-state index contributed by atoms with van der Waals surface area (Å²) in [4.78, 5) is 0. The van der Waals surface area contributed by atoms with Gasteiger partial charge in [-0.2, -0.15) is 0 Å². The third-order valence-corrected chi connectivity index (χ3v) is 0.972. The molecule has 0 amide bonds. The first-order valence-corrected chi connectivity index (χ1v) is 3.44. The molecule has 0 heterocycles. The van der Waals surface area contributed by atoms with Crippen LogP contribution in [0.4, 0.5) is 0 Å². The lowest BCUT2D eigenvalue weighted by Gasteiger charge is -1.88. The molecule has 0 aromatic rings. The Morgan fingerprint density at radius 3 is 1.60 bits per heavy atom. The van der Waals surface area contributed by atoms with E-state index < -0.39 is 0 Å². The predicted molar refractivity (Wildman–Crippen MR) is 50.1 cm³/mol. The maximum Gasteiger partial charge on any atom is -0.0401 e. The highest BCUT2D eigenvalue weighted by molar-refractivity contribution is 5.18. The van der Waals surface area contributed by atoms with Crippen molar-refractivity contribution >= 4 is 0 Å². The molecule has 0 saturated carbocycles. The van der Waals surface area contributed by atoms with Crippen LogP contribution in [0.1, 0.15) is 27.7 Å². The molecule has 0 rings (SSSR count). The van der Waals surface area contributed by atoms with E-state index in [0.717, 1.165) is 0 Å². The summed E-state index contributed by atoms with van der Waals surface area (Å²) >= 11 is 0. The second-order valence-electron chi connectivity index (χ2n) is 2.25. The molecule has 0 saturated heterocycles. The lowest BCUT2D eigenvalue weighted by atomic mass is 10.2. The molecule has 0 fully saturated rings. The van der Waals surface area contributed by atoms with Crippen LogP contribution in [0, 0.1) is 0 Å². The summed E-state index contributed by atoms with van der Waals surface area (Å²) in [5.74, 6) is 0. The van der Waals surface area contributed by atoms with Crippen LogP contribution in [-0.2, 0) is 0 Å². The summed E-state index contributed by atoms with van der Waals surface area (Å²) < 4.78 is 0. The van der Waals surface area contributed by atoms with E-state index >= 15 is 0 Å². The molecule has 0 atom stereocenters. The van der Waals surface area contributed by atoms with Gasteiger partial charge in [0, 0.05) is 0 Å². The van der Waals surface area contributed by atoms with Crippen LogP contribution in [0.15, 0.2) is 36.5 Å². The summed E-state index contributed by atoms with van der Waals surface area (Å²) in [6.07, 6.45) is 4.27. The zero-order valence-electron chi connectivity index (χ0n) is 7.57. The molecular formula is C10H18. The monoisotopic (exact) mass is 138 g/mol. The molecule has 0 N–H and O–H groups in total. The summed E-state index contributed by atoms with van der Waals surface area (Å²) in [5.41, 5.74) is 2.70. The molecule has 0 aromatic carbocycles. The van der Waals surface area contributed by atoms with Gasteiger partial charge >= 0.3 is 0 Å². The van der Waals surface area contributed by atoms with Gasteiger partial charge in [0.25, 0.3) is 0 Å². The smallest absolute Gasteiger partial charge is 0.0401 e. The number of allylic oxidation sites excluding steroid dienone is 4. The lowest BCUT2D eigenvalue weighted by Crippen LogP contribution is -1.67. The fourth-order valence-corrected chi connectivity index (χ4v) is 0.539. The Labute approximate surface area is 65.0 Å². The Morgan fingerprint density at radius 1 is 1.10 bits per heavy atom. The normalized spacial score (nSPS) is 9.40. The van der Waals surface area contributed by atoms with E-state index in [1.54, 1.807) is 0 Å². The van der Waals surface area contributed by atoms with Gasteiger partial charge in [0.05, 0.1) is 0 Å². The number of rotatable bonds is 1. The van der Waals surface area contributed by atoms with Crippen molar-refractivity contribution in [3.8, 4) is 0 Å². The second kappa shape index (κ2) is 8.22. The van der Waals surface area contributed by atoms with Gasteiger partial charge in [0.2, 0.25) is 0 Å². The van der Waals surface area contributed by atoms with Crippen molar-refractivity contribution in [2.75, 3.05) is 0 Å². The van der Waals surface area contributed by atoms with Crippen LogP contribution in [0.25, 0.3) is 0 Å². The Bertz CT molecular complexity index is 123. The molecule has 0 nitrogen and oxygen atoms in total. The maximum atomic E-state index is 3.00. The fourth-order valence-electron chi connectivity index (χ4n) is 0.539. The van der Waals surface area contributed by atoms with Crippen LogP contribution in [0.5, 0.6) is 0 Å². The molecule has 0 aliphatic rings. The van der Waals surface area contributed by atoms with Crippen molar-refractivity contribution < 1.29 is 0 Å². The Morgan fingerprint density at radius 2 is 1.50 bits per heavy atom. The zero-order chi connectivity index (χ0) is 8.57. The highest BCUT2D eigenvalue weighted by Gasteiger charge is 1.77. The largest absolute Gasteiger partial charge is 0.106 e. The van der Waals surface area contributed by atoms with Crippen molar-refractivity contribution in [1.29, 1.82) is 0 Å². The number of hydrogen-bond acceptors (Lipinski definition) is 0. The van der Waals surface area contributed by atoms with Crippen LogP contribution < -0.4 is 0 Å². The SMILES string of the molecule is C/C=C(/C)C=C(C)C.C=C. The highest BCUT2D eigenvalue weighted by atomic mass is 13.8. The quantitative estimate of drug-likeness (QED) is 0.382. The van der Waals surface area contributed by atoms with Crippen LogP contribution >= 0.6 is 0 Å². The molecule has 0 heteroatoms. The van der Waals surface area contributed by atoms with Crippen molar-refractivity contribution in [2.24, 2.45) is 0 Å². The fraction of sp³-hybridized carbons (Fsp3) is 0.400. The Kier molecular flexibility index (Phi) is 9.82. The third kappa shape index (κ3) is 10.3. The molecular weight excluding hydrogens is 120 g/mol. The van der Waals surface area contributed by atoms with Gasteiger partial charge in [0.1, 0.15) is 0 Å². The molecule has 0 aliphatic carbocycles. The van der Waals surface area contributed by atoms with Gasteiger partial charge in [-0.3, -0.25) is 0 Å².